The van der Waals surface area contributed by atoms with Crippen molar-refractivity contribution >= 4 is 11.2 Å². The first kappa shape index (κ1) is 9.07. The molecule has 0 spiro atoms. The van der Waals surface area contributed by atoms with Gasteiger partial charge in [0.2, 0.25) is 0 Å². The smallest absolute Gasteiger partial charge is 0.276 e. The number of hydrogen-bond donors (Lipinski definition) is 2. The molecule has 0 bridgehead atoms. The van der Waals surface area contributed by atoms with Crippen LogP contribution in [0.25, 0.3) is 11.2 Å². The molecule has 0 fully saturated rings. The summed E-state index contributed by atoms with van der Waals surface area (Å²) in [4.78, 5) is 33.8. The molecule has 0 aliphatic rings. The van der Waals surface area contributed by atoms with Crippen LogP contribution in [0.2, 0.25) is 0 Å². The highest BCUT2D eigenvalue weighted by atomic mass is 16.1. The van der Waals surface area contributed by atoms with E-state index < -0.39 is 11.1 Å². The Labute approximate surface area is 70.8 Å². The molecule has 2 rings (SSSR count). The molecule has 7 nitrogen and oxygen atoms in total. The Morgan fingerprint density at radius 2 is 2.00 bits per heavy atom. The van der Waals surface area contributed by atoms with E-state index in [4.69, 9.17) is 0 Å². The summed E-state index contributed by atoms with van der Waals surface area (Å²) < 4.78 is 0. The van der Waals surface area contributed by atoms with Crippen molar-refractivity contribution in [2.45, 2.75) is 0 Å². The zero-order valence-corrected chi connectivity index (χ0v) is 6.37. The van der Waals surface area contributed by atoms with Crippen LogP contribution < -0.4 is 11.1 Å². The van der Waals surface area contributed by atoms with Gasteiger partial charge in [0.25, 0.3) is 11.1 Å². The summed E-state index contributed by atoms with van der Waals surface area (Å²) in [5, 5.41) is 0. The summed E-state index contributed by atoms with van der Waals surface area (Å²) in [5.41, 5.74) is -0.477. The number of nitrogens with one attached hydrogen (secondary N) is 2. The van der Waals surface area contributed by atoms with Crippen molar-refractivity contribution in [3.63, 3.8) is 0 Å². The van der Waals surface area contributed by atoms with E-state index in [0.29, 0.717) is 0 Å². The second kappa shape index (κ2) is 3.15. The number of hydrogen-bond acceptors (Lipinski definition) is 4. The molecule has 0 radical (unpaired) electrons. The topological polar surface area (TPSA) is 123 Å². The fourth-order valence-corrected chi connectivity index (χ4v) is 0.876. The zero-order valence-electron chi connectivity index (χ0n) is 6.37. The van der Waals surface area contributed by atoms with Crippen LogP contribution >= 0.6 is 0 Å². The molecule has 0 unspecified atom stereocenters. The van der Waals surface area contributed by atoms with Gasteiger partial charge in [-0.15, -0.1) is 0 Å². The molecule has 68 valence electrons. The van der Waals surface area contributed by atoms with E-state index in [9.17, 15) is 9.59 Å². The molecular formula is C6H6N4O3. The first-order valence-electron chi connectivity index (χ1n) is 3.20. The van der Waals surface area contributed by atoms with Gasteiger partial charge in [0, 0.05) is 0 Å². The highest BCUT2D eigenvalue weighted by molar-refractivity contribution is 5.66. The van der Waals surface area contributed by atoms with E-state index in [1.165, 1.54) is 6.33 Å². The molecule has 0 saturated carbocycles. The number of H-pyrrole nitrogens is 2. The molecule has 7 heteroatoms. The Hall–Kier alpha value is -2.02. The third-order valence-corrected chi connectivity index (χ3v) is 1.39. The van der Waals surface area contributed by atoms with Gasteiger partial charge >= 0.3 is 0 Å². The van der Waals surface area contributed by atoms with Crippen LogP contribution in [0, 0.1) is 0 Å². The predicted octanol–water partition coefficient (Wildman–Crippen LogP) is -1.82. The molecule has 13 heavy (non-hydrogen) atoms. The number of aromatic amines is 2. The Morgan fingerprint density at radius 3 is 2.77 bits per heavy atom. The minimum absolute atomic E-state index is 0. The standard InChI is InChI=1S/C6H4N4O2.H2O/c11-3-1-7-5-4(10-3)6(12)9-2-8-5;/h1-2H,(H,10,11)(H,7,8,9,12);1H2. The van der Waals surface area contributed by atoms with E-state index >= 15 is 0 Å². The lowest BCUT2D eigenvalue weighted by Crippen LogP contribution is -2.15. The van der Waals surface area contributed by atoms with E-state index in [1.54, 1.807) is 0 Å². The third kappa shape index (κ3) is 1.44. The second-order valence-electron chi connectivity index (χ2n) is 2.18. The molecule has 4 N–H and O–H groups in total. The van der Waals surface area contributed by atoms with Crippen molar-refractivity contribution in [3.8, 4) is 0 Å². The molecule has 2 heterocycles. The van der Waals surface area contributed by atoms with E-state index in [1.807, 2.05) is 0 Å². The van der Waals surface area contributed by atoms with Gasteiger partial charge in [-0.2, -0.15) is 0 Å². The minimum atomic E-state index is -0.416. The van der Waals surface area contributed by atoms with E-state index in [2.05, 4.69) is 19.9 Å². The summed E-state index contributed by atoms with van der Waals surface area (Å²) in [7, 11) is 0. The number of aromatic nitrogens is 4. The molecule has 0 atom stereocenters. The molecule has 2 aromatic rings. The highest BCUT2D eigenvalue weighted by Gasteiger charge is 1.99. The highest BCUT2D eigenvalue weighted by Crippen LogP contribution is 1.90. The van der Waals surface area contributed by atoms with Crippen molar-refractivity contribution < 1.29 is 5.48 Å². The normalized spacial score (nSPS) is 9.54. The van der Waals surface area contributed by atoms with E-state index in [-0.39, 0.29) is 16.6 Å². The molecule has 0 aromatic carbocycles. The predicted molar refractivity (Wildman–Crippen MR) is 44.4 cm³/mol. The van der Waals surface area contributed by atoms with Gasteiger partial charge in [-0.05, 0) is 0 Å². The Balaban J connectivity index is 0.000000845. The van der Waals surface area contributed by atoms with Crippen molar-refractivity contribution in [1.82, 2.24) is 19.9 Å². The van der Waals surface area contributed by atoms with Crippen LogP contribution in [0.15, 0.2) is 22.1 Å². The average Bonchev–Trinajstić information content (AvgIpc) is 2.07. The first-order chi connectivity index (χ1) is 5.77. The molecule has 2 aromatic heterocycles. The van der Waals surface area contributed by atoms with Crippen LogP contribution in [-0.4, -0.2) is 25.4 Å². The van der Waals surface area contributed by atoms with Crippen molar-refractivity contribution in [1.29, 1.82) is 0 Å². The van der Waals surface area contributed by atoms with Crippen LogP contribution in [-0.2, 0) is 0 Å². The molecular weight excluding hydrogens is 176 g/mol. The van der Waals surface area contributed by atoms with Gasteiger partial charge in [-0.25, -0.2) is 9.97 Å². The summed E-state index contributed by atoms with van der Waals surface area (Å²) in [5.74, 6) is 0. The van der Waals surface area contributed by atoms with Gasteiger partial charge in [0.1, 0.15) is 0 Å². The maximum absolute atomic E-state index is 11.0. The van der Waals surface area contributed by atoms with Gasteiger partial charge in [-0.3, -0.25) is 9.59 Å². The Kier molecular flexibility index (Phi) is 2.20. The zero-order chi connectivity index (χ0) is 8.55. The molecule has 0 amide bonds. The van der Waals surface area contributed by atoms with Crippen LogP contribution in [0.3, 0.4) is 0 Å². The maximum atomic E-state index is 11.0. The quantitative estimate of drug-likeness (QED) is 0.497. The third-order valence-electron chi connectivity index (χ3n) is 1.39. The summed E-state index contributed by atoms with van der Waals surface area (Å²) in [6.45, 7) is 0. The lowest BCUT2D eigenvalue weighted by atomic mass is 10.5. The largest absolute Gasteiger partial charge is 0.412 e. The lowest BCUT2D eigenvalue weighted by molar-refractivity contribution is 0.824. The summed E-state index contributed by atoms with van der Waals surface area (Å²) >= 11 is 0. The summed E-state index contributed by atoms with van der Waals surface area (Å²) in [6.07, 6.45) is 2.31. The fourth-order valence-electron chi connectivity index (χ4n) is 0.876. The summed E-state index contributed by atoms with van der Waals surface area (Å²) in [6, 6.07) is 0. The van der Waals surface area contributed by atoms with Gasteiger partial charge in [0.15, 0.2) is 11.2 Å². The van der Waals surface area contributed by atoms with Crippen molar-refractivity contribution in [3.05, 3.63) is 33.2 Å². The Bertz CT molecular complexity index is 529. The number of rotatable bonds is 0. The van der Waals surface area contributed by atoms with Crippen LogP contribution in [0.5, 0.6) is 0 Å². The van der Waals surface area contributed by atoms with Crippen molar-refractivity contribution in [2.24, 2.45) is 0 Å². The number of nitrogens with zero attached hydrogens (tertiary/aromatic N) is 2. The molecule has 0 aliphatic carbocycles. The fraction of sp³-hybridized carbons (Fsp3) is 0. The van der Waals surface area contributed by atoms with E-state index in [0.717, 1.165) is 6.20 Å². The Morgan fingerprint density at radius 1 is 1.23 bits per heavy atom. The van der Waals surface area contributed by atoms with Crippen molar-refractivity contribution in [2.75, 3.05) is 0 Å². The SMILES string of the molecule is O.O=c1cnc2nc[nH]c(=O)c2[nH]1. The van der Waals surface area contributed by atoms with Crippen LogP contribution in [0.1, 0.15) is 0 Å². The van der Waals surface area contributed by atoms with Gasteiger partial charge < -0.3 is 15.4 Å². The lowest BCUT2D eigenvalue weighted by Gasteiger charge is -1.90. The number of fused-ring (bicyclic) bond motifs is 1. The van der Waals surface area contributed by atoms with Gasteiger partial charge in [-0.1, -0.05) is 0 Å². The monoisotopic (exact) mass is 182 g/mol. The first-order valence-corrected chi connectivity index (χ1v) is 3.20. The second-order valence-corrected chi connectivity index (χ2v) is 2.18. The minimum Gasteiger partial charge on any atom is -0.412 e. The van der Waals surface area contributed by atoms with Crippen LogP contribution in [0.4, 0.5) is 0 Å². The molecule has 0 aliphatic heterocycles. The molecule has 0 saturated heterocycles. The van der Waals surface area contributed by atoms with Gasteiger partial charge in [0.05, 0.1) is 12.5 Å². The average molecular weight is 182 g/mol. The maximum Gasteiger partial charge on any atom is 0.276 e.